The van der Waals surface area contributed by atoms with E-state index in [2.05, 4.69) is 48.0 Å². The summed E-state index contributed by atoms with van der Waals surface area (Å²) in [5, 5.41) is 4.24. The highest BCUT2D eigenvalue weighted by molar-refractivity contribution is 6.17. The summed E-state index contributed by atoms with van der Waals surface area (Å²) >= 11 is 5.92. The fraction of sp³-hybridized carbons (Fsp3) is 0.250. The molecule has 4 nitrogen and oxygen atoms in total. The third-order valence-electron chi connectivity index (χ3n) is 6.16. The van der Waals surface area contributed by atoms with Crippen molar-refractivity contribution in [2.75, 3.05) is 18.3 Å². The number of alkyl halides is 1. The number of nitrogens with one attached hydrogen (secondary N) is 1. The van der Waals surface area contributed by atoms with Gasteiger partial charge in [0.25, 0.3) is 5.91 Å². The molecule has 33 heavy (non-hydrogen) atoms. The van der Waals surface area contributed by atoms with Crippen molar-refractivity contribution in [3.05, 3.63) is 94.7 Å². The number of ether oxygens (including phenoxy) is 1. The molecule has 0 spiro atoms. The second-order valence-electron chi connectivity index (χ2n) is 8.32. The molecule has 1 heterocycles. The molecule has 5 heteroatoms. The number of anilines is 1. The van der Waals surface area contributed by atoms with Crippen molar-refractivity contribution in [1.82, 2.24) is 4.57 Å². The number of aromatic nitrogens is 1. The first-order chi connectivity index (χ1) is 16.0. The maximum Gasteiger partial charge on any atom is 0.255 e. The Morgan fingerprint density at radius 3 is 2.48 bits per heavy atom. The summed E-state index contributed by atoms with van der Waals surface area (Å²) in [6.45, 7) is 5.29. The van der Waals surface area contributed by atoms with Gasteiger partial charge in [-0.3, -0.25) is 4.79 Å². The second kappa shape index (κ2) is 10.1. The van der Waals surface area contributed by atoms with Gasteiger partial charge in [0.15, 0.2) is 0 Å². The molecule has 4 aromatic rings. The van der Waals surface area contributed by atoms with Crippen LogP contribution in [0.15, 0.2) is 66.7 Å². The Labute approximate surface area is 200 Å². The fourth-order valence-corrected chi connectivity index (χ4v) is 4.37. The Bertz CT molecular complexity index is 1280. The summed E-state index contributed by atoms with van der Waals surface area (Å²) in [5.74, 6) is 1.30. The van der Waals surface area contributed by atoms with Gasteiger partial charge < -0.3 is 14.6 Å². The van der Waals surface area contributed by atoms with Crippen LogP contribution in [0.2, 0.25) is 0 Å². The lowest BCUT2D eigenvalue weighted by molar-refractivity contribution is 0.102. The van der Waals surface area contributed by atoms with Crippen LogP contribution < -0.4 is 10.1 Å². The van der Waals surface area contributed by atoms with E-state index < -0.39 is 0 Å². The highest BCUT2D eigenvalue weighted by Crippen LogP contribution is 2.27. The zero-order valence-corrected chi connectivity index (χ0v) is 20.1. The van der Waals surface area contributed by atoms with Gasteiger partial charge in [-0.1, -0.05) is 18.2 Å². The second-order valence-corrected chi connectivity index (χ2v) is 8.69. The average molecular weight is 461 g/mol. The molecule has 0 radical (unpaired) electrons. The number of carbonyl (C=O) groups is 1. The van der Waals surface area contributed by atoms with Crippen LogP contribution >= 0.6 is 11.6 Å². The van der Waals surface area contributed by atoms with Gasteiger partial charge in [0.2, 0.25) is 0 Å². The number of halogens is 1. The van der Waals surface area contributed by atoms with Crippen LogP contribution in [0.25, 0.3) is 10.9 Å². The summed E-state index contributed by atoms with van der Waals surface area (Å²) in [7, 11) is 1.62. The smallest absolute Gasteiger partial charge is 0.255 e. The minimum atomic E-state index is -0.125. The van der Waals surface area contributed by atoms with Crippen LogP contribution in [0.3, 0.4) is 0 Å². The maximum atomic E-state index is 12.8. The Kier molecular flexibility index (Phi) is 7.05. The van der Waals surface area contributed by atoms with Gasteiger partial charge in [0, 0.05) is 40.3 Å². The molecule has 3 aromatic carbocycles. The Hall–Kier alpha value is -3.24. The van der Waals surface area contributed by atoms with Crippen molar-refractivity contribution < 1.29 is 9.53 Å². The minimum absolute atomic E-state index is 0.125. The Morgan fingerprint density at radius 1 is 1.00 bits per heavy atom. The zero-order valence-electron chi connectivity index (χ0n) is 19.3. The lowest BCUT2D eigenvalue weighted by Gasteiger charge is -2.09. The van der Waals surface area contributed by atoms with Crippen LogP contribution in [0.1, 0.15) is 39.2 Å². The van der Waals surface area contributed by atoms with Gasteiger partial charge in [-0.2, -0.15) is 0 Å². The van der Waals surface area contributed by atoms with E-state index in [1.54, 1.807) is 7.11 Å². The van der Waals surface area contributed by atoms with Crippen LogP contribution in [0, 0.1) is 13.8 Å². The molecule has 1 aromatic heterocycles. The van der Waals surface area contributed by atoms with Gasteiger partial charge in [-0.15, -0.1) is 11.6 Å². The number of carbonyl (C=O) groups excluding carboxylic acids is 1. The maximum absolute atomic E-state index is 12.8. The van der Waals surface area contributed by atoms with E-state index in [4.69, 9.17) is 16.3 Å². The number of aryl methyl sites for hydroxylation is 2. The van der Waals surface area contributed by atoms with Gasteiger partial charge in [0.05, 0.1) is 7.11 Å². The number of methoxy groups -OCH3 is 1. The number of benzene rings is 3. The predicted octanol–water partition coefficient (Wildman–Crippen LogP) is 6.74. The van der Waals surface area contributed by atoms with Gasteiger partial charge >= 0.3 is 0 Å². The van der Waals surface area contributed by atoms with Crippen molar-refractivity contribution in [3.63, 3.8) is 0 Å². The standard InChI is InChI=1S/C28H29ClN2O2/c1-19-20(2)31(15-5-14-29)27-13-8-22(18-26(19)27)16-21-6-4-7-23(17-21)28(32)30-24-9-11-25(33-3)12-10-24/h4,6-13,17-18H,5,14-16H2,1-3H3,(H,30,32). The molecule has 0 unspecified atom stereocenters. The van der Waals surface area contributed by atoms with Gasteiger partial charge in [0.1, 0.15) is 5.75 Å². The molecule has 0 saturated heterocycles. The molecular formula is C28H29ClN2O2. The largest absolute Gasteiger partial charge is 0.497 e. The third kappa shape index (κ3) is 5.07. The number of amides is 1. The normalized spacial score (nSPS) is 11.0. The van der Waals surface area contributed by atoms with Crippen molar-refractivity contribution in [3.8, 4) is 5.75 Å². The molecular weight excluding hydrogens is 432 g/mol. The highest BCUT2D eigenvalue weighted by Gasteiger charge is 2.12. The van der Waals surface area contributed by atoms with Gasteiger partial charge in [-0.05, 0) is 91.9 Å². The first-order valence-electron chi connectivity index (χ1n) is 11.2. The van der Waals surface area contributed by atoms with E-state index in [1.165, 1.54) is 27.7 Å². The van der Waals surface area contributed by atoms with E-state index in [9.17, 15) is 4.79 Å². The zero-order chi connectivity index (χ0) is 23.4. The molecule has 0 fully saturated rings. The minimum Gasteiger partial charge on any atom is -0.497 e. The summed E-state index contributed by atoms with van der Waals surface area (Å²) in [6, 6.07) is 21.8. The average Bonchev–Trinajstić information content (AvgIpc) is 3.07. The molecule has 0 aliphatic heterocycles. The molecule has 1 amide bonds. The monoisotopic (exact) mass is 460 g/mol. The van der Waals surface area contributed by atoms with E-state index in [0.717, 1.165) is 36.4 Å². The van der Waals surface area contributed by atoms with E-state index in [-0.39, 0.29) is 5.91 Å². The summed E-state index contributed by atoms with van der Waals surface area (Å²) in [5.41, 5.74) is 7.58. The molecule has 0 aliphatic carbocycles. The molecule has 0 bridgehead atoms. The summed E-state index contributed by atoms with van der Waals surface area (Å²) in [4.78, 5) is 12.8. The number of nitrogens with zero attached hydrogens (tertiary/aromatic N) is 1. The lowest BCUT2D eigenvalue weighted by Crippen LogP contribution is -2.12. The van der Waals surface area contributed by atoms with Crippen LogP contribution in [0.5, 0.6) is 5.75 Å². The van der Waals surface area contributed by atoms with Crippen molar-refractivity contribution >= 4 is 34.1 Å². The first-order valence-corrected chi connectivity index (χ1v) is 11.7. The Balaban J connectivity index is 1.52. The summed E-state index contributed by atoms with van der Waals surface area (Å²) in [6.07, 6.45) is 1.73. The van der Waals surface area contributed by atoms with Gasteiger partial charge in [-0.25, -0.2) is 0 Å². The van der Waals surface area contributed by atoms with Crippen LogP contribution in [0.4, 0.5) is 5.69 Å². The molecule has 1 N–H and O–H groups in total. The lowest BCUT2D eigenvalue weighted by atomic mass is 10.0. The van der Waals surface area contributed by atoms with Crippen molar-refractivity contribution in [2.45, 2.75) is 33.2 Å². The number of rotatable bonds is 8. The summed E-state index contributed by atoms with van der Waals surface area (Å²) < 4.78 is 7.53. The van der Waals surface area contributed by atoms with Crippen molar-refractivity contribution in [1.29, 1.82) is 0 Å². The number of fused-ring (bicyclic) bond motifs is 1. The van der Waals surface area contributed by atoms with Crippen molar-refractivity contribution in [2.24, 2.45) is 0 Å². The molecule has 170 valence electrons. The van der Waals surface area contributed by atoms with E-state index in [1.807, 2.05) is 42.5 Å². The molecule has 0 atom stereocenters. The topological polar surface area (TPSA) is 43.3 Å². The third-order valence-corrected chi connectivity index (χ3v) is 6.43. The predicted molar refractivity (Wildman–Crippen MR) is 137 cm³/mol. The molecule has 0 saturated carbocycles. The molecule has 4 rings (SSSR count). The highest BCUT2D eigenvalue weighted by atomic mass is 35.5. The van der Waals surface area contributed by atoms with E-state index in [0.29, 0.717) is 11.4 Å². The fourth-order valence-electron chi connectivity index (χ4n) is 4.25. The number of hydrogen-bond donors (Lipinski definition) is 1. The quantitative estimate of drug-likeness (QED) is 0.296. The Morgan fingerprint density at radius 2 is 1.76 bits per heavy atom. The van der Waals surface area contributed by atoms with Crippen LogP contribution in [-0.2, 0) is 13.0 Å². The molecule has 0 aliphatic rings. The SMILES string of the molecule is COc1ccc(NC(=O)c2cccc(Cc3ccc4c(c3)c(C)c(C)n4CCCCl)c2)cc1. The van der Waals surface area contributed by atoms with E-state index >= 15 is 0 Å². The number of hydrogen-bond acceptors (Lipinski definition) is 2. The first kappa shape index (κ1) is 22.9. The van der Waals surface area contributed by atoms with Crippen LogP contribution in [-0.4, -0.2) is 23.5 Å².